The Morgan fingerprint density at radius 3 is 3.06 bits per heavy atom. The maximum Gasteiger partial charge on any atom is 0.306 e. The van der Waals surface area contributed by atoms with Gasteiger partial charge in [0.1, 0.15) is 5.82 Å². The molecule has 0 aliphatic carbocycles. The lowest BCUT2D eigenvalue weighted by molar-refractivity contribution is -0.140. The van der Waals surface area contributed by atoms with Crippen LogP contribution in [0.3, 0.4) is 0 Å². The number of hydrogen-bond donors (Lipinski definition) is 0. The number of imidazole rings is 1. The Morgan fingerprint density at radius 2 is 2.44 bits per heavy atom. The van der Waals surface area contributed by atoms with Crippen molar-refractivity contribution in [3.63, 3.8) is 0 Å². The molecule has 0 amide bonds. The first kappa shape index (κ1) is 13.1. The molecular weight excluding hydrogens is 224 g/mol. The molecule has 0 fully saturated rings. The summed E-state index contributed by atoms with van der Waals surface area (Å²) in [6.07, 6.45) is 4.24. The zero-order valence-electron chi connectivity index (χ0n) is 9.97. The minimum atomic E-state index is -0.154. The van der Waals surface area contributed by atoms with Gasteiger partial charge in [0, 0.05) is 24.2 Å². The van der Waals surface area contributed by atoms with Gasteiger partial charge in [0.15, 0.2) is 0 Å². The van der Waals surface area contributed by atoms with Crippen molar-refractivity contribution in [1.82, 2.24) is 9.55 Å². The minimum Gasteiger partial charge on any atom is -0.469 e. The monoisotopic (exact) mass is 242 g/mol. The highest BCUT2D eigenvalue weighted by Crippen LogP contribution is 2.19. The number of rotatable bonds is 6. The summed E-state index contributed by atoms with van der Waals surface area (Å²) in [6, 6.07) is 0. The third-order valence-electron chi connectivity index (χ3n) is 2.32. The Hall–Kier alpha value is -0.970. The van der Waals surface area contributed by atoms with Crippen LogP contribution in [0.2, 0.25) is 0 Å². The highest BCUT2D eigenvalue weighted by molar-refractivity contribution is 7.99. The summed E-state index contributed by atoms with van der Waals surface area (Å²) in [4.78, 5) is 15.3. The second-order valence-corrected chi connectivity index (χ2v) is 4.96. The molecule has 0 aromatic carbocycles. The number of nitrogens with zero attached hydrogens (tertiary/aromatic N) is 2. The highest BCUT2D eigenvalue weighted by atomic mass is 32.2. The van der Waals surface area contributed by atoms with Crippen molar-refractivity contribution in [3.05, 3.63) is 18.2 Å². The SMILES string of the molecule is CCn1ccnc1CSC(C)CC(=O)OC. The van der Waals surface area contributed by atoms with Crippen molar-refractivity contribution in [2.45, 2.75) is 37.8 Å². The lowest BCUT2D eigenvalue weighted by Crippen LogP contribution is -2.09. The van der Waals surface area contributed by atoms with Crippen molar-refractivity contribution >= 4 is 17.7 Å². The maximum absolute atomic E-state index is 11.1. The summed E-state index contributed by atoms with van der Waals surface area (Å²) in [5.74, 6) is 1.74. The second-order valence-electron chi connectivity index (χ2n) is 3.53. The van der Waals surface area contributed by atoms with Gasteiger partial charge in [-0.1, -0.05) is 6.92 Å². The number of hydrogen-bond acceptors (Lipinski definition) is 4. The van der Waals surface area contributed by atoms with Crippen LogP contribution in [0.25, 0.3) is 0 Å². The van der Waals surface area contributed by atoms with Gasteiger partial charge in [-0.25, -0.2) is 4.98 Å². The number of thioether (sulfide) groups is 1. The van der Waals surface area contributed by atoms with Gasteiger partial charge in [0.05, 0.1) is 19.3 Å². The molecular formula is C11H18N2O2S. The van der Waals surface area contributed by atoms with Crippen LogP contribution in [0.1, 0.15) is 26.1 Å². The van der Waals surface area contributed by atoms with Gasteiger partial charge in [-0.2, -0.15) is 11.8 Å². The third kappa shape index (κ3) is 3.89. The van der Waals surface area contributed by atoms with E-state index in [4.69, 9.17) is 0 Å². The minimum absolute atomic E-state index is 0.154. The van der Waals surface area contributed by atoms with Gasteiger partial charge in [0.2, 0.25) is 0 Å². The van der Waals surface area contributed by atoms with E-state index in [1.165, 1.54) is 7.11 Å². The first-order chi connectivity index (χ1) is 7.67. The number of methoxy groups -OCH3 is 1. The summed E-state index contributed by atoms with van der Waals surface area (Å²) in [5.41, 5.74) is 0. The molecule has 1 aromatic heterocycles. The molecule has 0 aliphatic heterocycles. The fourth-order valence-corrected chi connectivity index (χ4v) is 2.29. The molecule has 0 aliphatic rings. The first-order valence-corrected chi connectivity index (χ1v) is 6.40. The molecule has 1 unspecified atom stereocenters. The molecule has 0 radical (unpaired) electrons. The van der Waals surface area contributed by atoms with Crippen LogP contribution in [0.15, 0.2) is 12.4 Å². The predicted molar refractivity (Wildman–Crippen MR) is 65.3 cm³/mol. The van der Waals surface area contributed by atoms with Crippen LogP contribution in [0, 0.1) is 0 Å². The summed E-state index contributed by atoms with van der Waals surface area (Å²) in [7, 11) is 1.42. The van der Waals surface area contributed by atoms with E-state index in [9.17, 15) is 4.79 Å². The smallest absolute Gasteiger partial charge is 0.306 e. The number of ether oxygens (including phenoxy) is 1. The van der Waals surface area contributed by atoms with Crippen molar-refractivity contribution in [2.75, 3.05) is 7.11 Å². The second kappa shape index (κ2) is 6.58. The predicted octanol–water partition coefficient (Wildman–Crippen LogP) is 2.09. The lowest BCUT2D eigenvalue weighted by atomic mass is 10.3. The van der Waals surface area contributed by atoms with Gasteiger partial charge >= 0.3 is 5.97 Å². The van der Waals surface area contributed by atoms with Crippen molar-refractivity contribution < 1.29 is 9.53 Å². The van der Waals surface area contributed by atoms with Gasteiger partial charge in [0.25, 0.3) is 0 Å². The molecule has 0 bridgehead atoms. The normalized spacial score (nSPS) is 12.4. The fourth-order valence-electron chi connectivity index (χ4n) is 1.36. The number of aryl methyl sites for hydroxylation is 1. The van der Waals surface area contributed by atoms with Crippen LogP contribution >= 0.6 is 11.8 Å². The van der Waals surface area contributed by atoms with E-state index in [1.807, 2.05) is 19.3 Å². The Balaban J connectivity index is 2.36. The maximum atomic E-state index is 11.1. The van der Waals surface area contributed by atoms with E-state index >= 15 is 0 Å². The van der Waals surface area contributed by atoms with Crippen LogP contribution < -0.4 is 0 Å². The molecule has 5 heteroatoms. The first-order valence-electron chi connectivity index (χ1n) is 5.35. The van der Waals surface area contributed by atoms with E-state index in [0.717, 1.165) is 18.1 Å². The largest absolute Gasteiger partial charge is 0.469 e. The summed E-state index contributed by atoms with van der Waals surface area (Å²) in [5, 5.41) is 0.259. The molecule has 1 rings (SSSR count). The average Bonchev–Trinajstić information content (AvgIpc) is 2.73. The van der Waals surface area contributed by atoms with Crippen molar-refractivity contribution in [3.8, 4) is 0 Å². The zero-order valence-corrected chi connectivity index (χ0v) is 10.8. The highest BCUT2D eigenvalue weighted by Gasteiger charge is 2.11. The summed E-state index contributed by atoms with van der Waals surface area (Å²) < 4.78 is 6.74. The molecule has 16 heavy (non-hydrogen) atoms. The zero-order chi connectivity index (χ0) is 12.0. The number of carbonyl (C=O) groups is 1. The molecule has 1 aromatic rings. The Labute approximate surface area is 100 Å². The summed E-state index contributed by atoms with van der Waals surface area (Å²) in [6.45, 7) is 5.05. The number of carbonyl (C=O) groups excluding carboxylic acids is 1. The number of esters is 1. The van der Waals surface area contributed by atoms with E-state index in [1.54, 1.807) is 11.8 Å². The third-order valence-corrected chi connectivity index (χ3v) is 3.48. The van der Waals surface area contributed by atoms with Gasteiger partial charge in [-0.05, 0) is 6.92 Å². The standard InChI is InChI=1S/C11H18N2O2S/c1-4-13-6-5-12-10(13)8-16-9(2)7-11(14)15-3/h5-6,9H,4,7-8H2,1-3H3. The molecule has 4 nitrogen and oxygen atoms in total. The molecule has 90 valence electrons. The van der Waals surface area contributed by atoms with E-state index in [2.05, 4.69) is 21.2 Å². The van der Waals surface area contributed by atoms with Crippen LogP contribution in [-0.4, -0.2) is 27.9 Å². The molecule has 1 heterocycles. The van der Waals surface area contributed by atoms with E-state index in [0.29, 0.717) is 6.42 Å². The van der Waals surface area contributed by atoms with Gasteiger partial charge in [-0.3, -0.25) is 4.79 Å². The Kier molecular flexibility index (Phi) is 5.38. The number of aromatic nitrogens is 2. The lowest BCUT2D eigenvalue weighted by Gasteiger charge is -2.10. The van der Waals surface area contributed by atoms with Crippen LogP contribution in [-0.2, 0) is 21.8 Å². The molecule has 0 saturated carbocycles. The summed E-state index contributed by atoms with van der Waals surface area (Å²) >= 11 is 1.72. The molecule has 0 saturated heterocycles. The van der Waals surface area contributed by atoms with E-state index < -0.39 is 0 Å². The van der Waals surface area contributed by atoms with E-state index in [-0.39, 0.29) is 11.2 Å². The Bertz CT molecular complexity index is 338. The van der Waals surface area contributed by atoms with Gasteiger partial charge in [-0.15, -0.1) is 0 Å². The topological polar surface area (TPSA) is 44.1 Å². The fraction of sp³-hybridized carbons (Fsp3) is 0.636. The Morgan fingerprint density at radius 1 is 1.69 bits per heavy atom. The van der Waals surface area contributed by atoms with Crippen molar-refractivity contribution in [2.24, 2.45) is 0 Å². The van der Waals surface area contributed by atoms with Gasteiger partial charge < -0.3 is 9.30 Å². The van der Waals surface area contributed by atoms with Crippen molar-refractivity contribution in [1.29, 1.82) is 0 Å². The van der Waals surface area contributed by atoms with Crippen LogP contribution in [0.5, 0.6) is 0 Å². The van der Waals surface area contributed by atoms with Crippen LogP contribution in [0.4, 0.5) is 0 Å². The average molecular weight is 242 g/mol. The quantitative estimate of drug-likeness (QED) is 0.716. The molecule has 0 spiro atoms. The molecule has 0 N–H and O–H groups in total. The molecule has 1 atom stereocenters.